The molecule has 2 aromatic rings. The molecule has 0 aliphatic carbocycles. The van der Waals surface area contributed by atoms with Crippen LogP contribution < -0.4 is 27.2 Å². The fourth-order valence-electron chi connectivity index (χ4n) is 3.77. The van der Waals surface area contributed by atoms with Gasteiger partial charge in [-0.2, -0.15) is 11.8 Å². The number of oxime groups is 1. The Morgan fingerprint density at radius 1 is 1.38 bits per heavy atom. The van der Waals surface area contributed by atoms with Gasteiger partial charge in [0.25, 0.3) is 17.7 Å². The Labute approximate surface area is 244 Å². The van der Waals surface area contributed by atoms with Crippen molar-refractivity contribution in [2.45, 2.75) is 22.1 Å². The number of nitrogens with two attached hydrogens (primary N) is 1. The van der Waals surface area contributed by atoms with E-state index in [0.29, 0.717) is 23.0 Å². The van der Waals surface area contributed by atoms with E-state index in [2.05, 4.69) is 31.5 Å². The Bertz CT molecular complexity index is 1380. The zero-order chi connectivity index (χ0) is 28.8. The van der Waals surface area contributed by atoms with Crippen LogP contribution in [0.5, 0.6) is 0 Å². The molecule has 18 heteroatoms. The van der Waals surface area contributed by atoms with Crippen molar-refractivity contribution in [3.05, 3.63) is 45.7 Å². The number of pyridine rings is 1. The predicted octanol–water partition coefficient (Wildman–Crippen LogP) is -1.96. The molecule has 4 heterocycles. The number of nitrogens with zero attached hydrogens (tertiary/aromatic N) is 4. The highest BCUT2D eigenvalue weighted by Gasteiger charge is 2.53. The number of carboxylic acids is 1. The first-order chi connectivity index (χ1) is 19.2. The van der Waals surface area contributed by atoms with Crippen molar-refractivity contribution in [2.24, 2.45) is 5.16 Å². The molecule has 2 aliphatic rings. The van der Waals surface area contributed by atoms with E-state index in [1.807, 2.05) is 0 Å². The van der Waals surface area contributed by atoms with Crippen LogP contribution >= 0.6 is 46.6 Å². The van der Waals surface area contributed by atoms with E-state index in [-0.39, 0.29) is 34.7 Å². The minimum atomic E-state index is -1.51. The number of carbonyl (C=O) groups excluding carboxylic acids is 4. The lowest BCUT2D eigenvalue weighted by Gasteiger charge is -2.50. The molecule has 3 amide bonds. The van der Waals surface area contributed by atoms with Crippen molar-refractivity contribution in [3.8, 4) is 0 Å². The molecule has 40 heavy (non-hydrogen) atoms. The number of thiazole rings is 1. The van der Waals surface area contributed by atoms with Gasteiger partial charge < -0.3 is 37.2 Å². The molecule has 212 valence electrons. The Hall–Kier alpha value is -3.32. The molecule has 0 spiro atoms. The lowest BCUT2D eigenvalue weighted by Crippen LogP contribution is -2.71. The van der Waals surface area contributed by atoms with Crippen molar-refractivity contribution < 1.29 is 35.2 Å². The second-order valence-electron chi connectivity index (χ2n) is 8.18. The summed E-state index contributed by atoms with van der Waals surface area (Å²) in [5.41, 5.74) is 9.36. The topological polar surface area (TPSA) is 231 Å². The number of amides is 3. The summed E-state index contributed by atoms with van der Waals surface area (Å²) in [6.07, 6.45) is 3.29. The van der Waals surface area contributed by atoms with Crippen LogP contribution in [-0.4, -0.2) is 85.5 Å². The fourth-order valence-corrected chi connectivity index (χ4v) is 7.81. The minimum absolute atomic E-state index is 0.0470. The van der Waals surface area contributed by atoms with Gasteiger partial charge in [-0.05, 0) is 11.6 Å². The Kier molecular flexibility index (Phi) is 9.90. The molecule has 4 rings (SSSR count). The summed E-state index contributed by atoms with van der Waals surface area (Å²) in [5, 5.41) is 30.6. The number of hydrogen-bond donors (Lipinski definition) is 5. The van der Waals surface area contributed by atoms with E-state index in [1.165, 1.54) is 28.9 Å². The largest absolute Gasteiger partial charge is 0.543 e. The second-order valence-corrected chi connectivity index (χ2v) is 12.4. The molecule has 0 unspecified atom stereocenters. The number of hydrogen-bond acceptors (Lipinski definition) is 14. The lowest BCUT2D eigenvalue weighted by molar-refractivity contribution is -0.355. The SMILES string of the molecule is Nc1nc(/C(=N/O)C(=O)N[C@@H]2C(=O)N3C(C(=O)[O-])=C(Sc4ccncc4CSCCNC(=O)C[NH3+])CS[C@H]23)cs1. The molecule has 0 radical (unpaired) electrons. The molecule has 8 N–H and O–H groups in total. The number of aliphatic carboxylic acids is 1. The first-order valence-corrected chi connectivity index (χ1v) is 15.5. The zero-order valence-corrected chi connectivity index (χ0v) is 24.0. The molecule has 2 atom stereocenters. The van der Waals surface area contributed by atoms with Crippen LogP contribution in [0.4, 0.5) is 5.13 Å². The number of fused-ring (bicyclic) bond motifs is 1. The monoisotopic (exact) mass is 624 g/mol. The summed E-state index contributed by atoms with van der Waals surface area (Å²) in [7, 11) is 0. The number of anilines is 1. The second kappa shape index (κ2) is 13.4. The van der Waals surface area contributed by atoms with Crippen LogP contribution in [-0.2, 0) is 24.9 Å². The average molecular weight is 625 g/mol. The van der Waals surface area contributed by atoms with Crippen LogP contribution in [0.3, 0.4) is 0 Å². The number of β-lactam (4-membered cyclic amide) rings is 1. The average Bonchev–Trinajstić information content (AvgIpc) is 3.37. The van der Waals surface area contributed by atoms with Crippen LogP contribution in [0.25, 0.3) is 0 Å². The quantitative estimate of drug-likeness (QED) is 0.0570. The molecule has 2 aliphatic heterocycles. The fraction of sp³-hybridized carbons (Fsp3) is 0.318. The molecule has 2 aromatic heterocycles. The summed E-state index contributed by atoms with van der Waals surface area (Å²) in [6, 6.07) is 0.729. The number of carboxylic acid groups (broad SMARTS) is 1. The summed E-state index contributed by atoms with van der Waals surface area (Å²) in [4.78, 5) is 59.6. The van der Waals surface area contributed by atoms with Crippen LogP contribution in [0.2, 0.25) is 0 Å². The number of aromatic nitrogens is 2. The molecule has 14 nitrogen and oxygen atoms in total. The van der Waals surface area contributed by atoms with E-state index in [1.54, 1.807) is 30.2 Å². The number of carbonyl (C=O) groups is 4. The highest BCUT2D eigenvalue weighted by molar-refractivity contribution is 8.06. The highest BCUT2D eigenvalue weighted by atomic mass is 32.2. The van der Waals surface area contributed by atoms with E-state index >= 15 is 0 Å². The molecule has 1 saturated heterocycles. The van der Waals surface area contributed by atoms with Crippen molar-refractivity contribution in [3.63, 3.8) is 0 Å². The van der Waals surface area contributed by atoms with Gasteiger partial charge in [-0.3, -0.25) is 24.3 Å². The predicted molar refractivity (Wildman–Crippen MR) is 149 cm³/mol. The van der Waals surface area contributed by atoms with Gasteiger partial charge in [0.2, 0.25) is 0 Å². The third kappa shape index (κ3) is 6.52. The molecule has 0 saturated carbocycles. The Morgan fingerprint density at radius 3 is 2.85 bits per heavy atom. The number of rotatable bonds is 12. The van der Waals surface area contributed by atoms with Crippen LogP contribution in [0.15, 0.2) is 44.5 Å². The first kappa shape index (κ1) is 29.7. The van der Waals surface area contributed by atoms with Crippen LogP contribution in [0, 0.1) is 0 Å². The van der Waals surface area contributed by atoms with Gasteiger partial charge in [0, 0.05) is 51.4 Å². The standard InChI is InChI=1S/C22H24N8O6S4/c23-5-14(31)26-3-4-37-7-10-6-25-2-1-12(10)40-13-9-38-20-16(19(33)30(20)17(13)21(34)35)28-18(32)15(29-36)11-8-39-22(24)27-11/h1-2,6,8,16,20,36H,3-5,7,9,23H2,(H2,24,27)(H,26,31)(H,28,32)(H,34,35)/b29-15-/t16-,20-/m1/s1. The molecule has 0 aromatic carbocycles. The summed E-state index contributed by atoms with van der Waals surface area (Å²) < 4.78 is 0. The number of thioether (sulfide) groups is 3. The number of nitrogens with one attached hydrogen (secondary N) is 2. The third-order valence-electron chi connectivity index (χ3n) is 5.64. The molecule has 0 bridgehead atoms. The number of nitrogen functional groups attached to an aromatic ring is 1. The molecular formula is C22H24N8O6S4. The van der Waals surface area contributed by atoms with Gasteiger partial charge in [0.05, 0.1) is 11.7 Å². The normalized spacial score (nSPS) is 18.7. The van der Waals surface area contributed by atoms with Crippen molar-refractivity contribution >= 4 is 81.2 Å². The summed E-state index contributed by atoms with van der Waals surface area (Å²) in [5.74, 6) is -1.61. The van der Waals surface area contributed by atoms with Gasteiger partial charge in [-0.15, -0.1) is 23.1 Å². The smallest absolute Gasteiger partial charge is 0.276 e. The first-order valence-electron chi connectivity index (χ1n) is 11.6. The van der Waals surface area contributed by atoms with Crippen molar-refractivity contribution in [1.29, 1.82) is 0 Å². The maximum Gasteiger partial charge on any atom is 0.276 e. The van der Waals surface area contributed by atoms with E-state index in [0.717, 1.165) is 26.7 Å². The van der Waals surface area contributed by atoms with Gasteiger partial charge in [0.1, 0.15) is 17.1 Å². The minimum Gasteiger partial charge on any atom is -0.543 e. The van der Waals surface area contributed by atoms with Gasteiger partial charge in [-0.25, -0.2) is 4.98 Å². The van der Waals surface area contributed by atoms with E-state index < -0.39 is 34.9 Å². The van der Waals surface area contributed by atoms with E-state index in [9.17, 15) is 29.5 Å². The van der Waals surface area contributed by atoms with Crippen molar-refractivity contribution in [1.82, 2.24) is 25.5 Å². The number of quaternary nitrogens is 1. The lowest BCUT2D eigenvalue weighted by atomic mass is 10.0. The highest BCUT2D eigenvalue weighted by Crippen LogP contribution is 2.45. The molecule has 1 fully saturated rings. The van der Waals surface area contributed by atoms with Crippen molar-refractivity contribution in [2.75, 3.05) is 30.3 Å². The van der Waals surface area contributed by atoms with Crippen LogP contribution in [0.1, 0.15) is 11.3 Å². The van der Waals surface area contributed by atoms with Gasteiger partial charge >= 0.3 is 0 Å². The molecular weight excluding hydrogens is 601 g/mol. The maximum atomic E-state index is 13.0. The van der Waals surface area contributed by atoms with E-state index in [4.69, 9.17) is 5.73 Å². The zero-order valence-electron chi connectivity index (χ0n) is 20.7. The Morgan fingerprint density at radius 2 is 2.17 bits per heavy atom. The summed E-state index contributed by atoms with van der Waals surface area (Å²) in [6.45, 7) is 0.674. The van der Waals surface area contributed by atoms with Gasteiger partial charge in [0.15, 0.2) is 17.4 Å². The van der Waals surface area contributed by atoms with Gasteiger partial charge in [-0.1, -0.05) is 16.9 Å². The third-order valence-corrected chi connectivity index (χ3v) is 9.98. The Balaban J connectivity index is 1.44. The maximum absolute atomic E-state index is 13.0. The summed E-state index contributed by atoms with van der Waals surface area (Å²) >= 11 is 5.14.